The number of anilines is 3. The summed E-state index contributed by atoms with van der Waals surface area (Å²) in [6.45, 7) is 6.28. The van der Waals surface area contributed by atoms with Crippen LogP contribution in [0.15, 0.2) is 41.5 Å². The molecule has 2 aromatic heterocycles. The number of halogens is 4. The number of rotatable bonds is 4. The van der Waals surface area contributed by atoms with Crippen LogP contribution in [0.1, 0.15) is 31.9 Å². The fraction of sp³-hybridized carbons (Fsp3) is 0.385. The molecule has 1 aliphatic rings. The van der Waals surface area contributed by atoms with Gasteiger partial charge in [-0.25, -0.2) is 9.78 Å². The Balaban J connectivity index is 1.63. The molecule has 0 radical (unpaired) electrons. The Hall–Kier alpha value is -3.60. The second-order valence-corrected chi connectivity index (χ2v) is 10.2. The summed E-state index contributed by atoms with van der Waals surface area (Å²) in [4.78, 5) is 28.2. The van der Waals surface area contributed by atoms with Crippen LogP contribution >= 0.6 is 11.6 Å². The third-order valence-corrected chi connectivity index (χ3v) is 6.03. The number of hydrogen-bond donors (Lipinski definition) is 1. The molecule has 1 aromatic carbocycles. The maximum absolute atomic E-state index is 14.2. The SMILES string of the molecule is C/N=C/c1cnc2ccc(Cl)nc2c1Nc1ccc(N2CCN(C(=O)OC(C)(C)C)CC2)c(C(F)(F)F)c1. The predicted octanol–water partition coefficient (Wildman–Crippen LogP) is 6.15. The quantitative estimate of drug-likeness (QED) is 0.311. The maximum atomic E-state index is 14.2. The lowest BCUT2D eigenvalue weighted by Crippen LogP contribution is -2.50. The number of benzene rings is 1. The minimum absolute atomic E-state index is 0.0444. The number of hydrogen-bond acceptors (Lipinski definition) is 7. The summed E-state index contributed by atoms with van der Waals surface area (Å²) in [6, 6.07) is 7.36. The largest absolute Gasteiger partial charge is 0.444 e. The molecule has 0 atom stereocenters. The van der Waals surface area contributed by atoms with Crippen LogP contribution in [0, 0.1) is 0 Å². The van der Waals surface area contributed by atoms with Crippen LogP contribution in [0.3, 0.4) is 0 Å². The Labute approximate surface area is 223 Å². The Morgan fingerprint density at radius 3 is 2.47 bits per heavy atom. The number of ether oxygens (including phenoxy) is 1. The van der Waals surface area contributed by atoms with Gasteiger partial charge in [-0.2, -0.15) is 13.2 Å². The Kier molecular flexibility index (Phi) is 7.68. The molecule has 1 aliphatic heterocycles. The topological polar surface area (TPSA) is 83.0 Å². The summed E-state index contributed by atoms with van der Waals surface area (Å²) in [5.41, 5.74) is 0.747. The van der Waals surface area contributed by atoms with Crippen molar-refractivity contribution in [1.29, 1.82) is 0 Å². The van der Waals surface area contributed by atoms with Gasteiger partial charge in [0.25, 0.3) is 0 Å². The van der Waals surface area contributed by atoms with E-state index in [0.717, 1.165) is 6.07 Å². The van der Waals surface area contributed by atoms with Gasteiger partial charge in [-0.05, 0) is 51.1 Å². The fourth-order valence-corrected chi connectivity index (χ4v) is 4.29. The third-order valence-electron chi connectivity index (χ3n) is 5.82. The highest BCUT2D eigenvalue weighted by Gasteiger charge is 2.36. The van der Waals surface area contributed by atoms with Crippen LogP contribution < -0.4 is 10.2 Å². The molecule has 0 bridgehead atoms. The number of alkyl halides is 3. The molecule has 202 valence electrons. The number of carbonyl (C=O) groups excluding carboxylic acids is 1. The Morgan fingerprint density at radius 2 is 1.84 bits per heavy atom. The molecule has 38 heavy (non-hydrogen) atoms. The summed E-state index contributed by atoms with van der Waals surface area (Å²) < 4.78 is 48.0. The third kappa shape index (κ3) is 6.27. The molecule has 0 spiro atoms. The van der Waals surface area contributed by atoms with E-state index in [4.69, 9.17) is 16.3 Å². The van der Waals surface area contributed by atoms with Gasteiger partial charge < -0.3 is 19.9 Å². The first-order chi connectivity index (χ1) is 17.9. The van der Waals surface area contributed by atoms with E-state index in [-0.39, 0.29) is 42.7 Å². The zero-order valence-electron chi connectivity index (χ0n) is 21.4. The number of nitrogens with one attached hydrogen (secondary N) is 1. The average Bonchev–Trinajstić information content (AvgIpc) is 2.84. The van der Waals surface area contributed by atoms with E-state index in [2.05, 4.69) is 20.3 Å². The smallest absolute Gasteiger partial charge is 0.418 e. The number of piperazine rings is 1. The fourth-order valence-electron chi connectivity index (χ4n) is 4.14. The normalized spacial score (nSPS) is 14.8. The highest BCUT2D eigenvalue weighted by atomic mass is 35.5. The van der Waals surface area contributed by atoms with E-state index in [1.165, 1.54) is 11.0 Å². The van der Waals surface area contributed by atoms with Gasteiger partial charge in [0.05, 0.1) is 16.8 Å². The van der Waals surface area contributed by atoms with Crippen molar-refractivity contribution in [3.8, 4) is 0 Å². The van der Waals surface area contributed by atoms with Crippen LogP contribution in [0.4, 0.5) is 35.0 Å². The molecule has 12 heteroatoms. The molecule has 8 nitrogen and oxygen atoms in total. The van der Waals surface area contributed by atoms with E-state index < -0.39 is 23.4 Å². The van der Waals surface area contributed by atoms with E-state index >= 15 is 0 Å². The zero-order chi connectivity index (χ0) is 27.7. The Bertz CT molecular complexity index is 1370. The minimum Gasteiger partial charge on any atom is -0.444 e. The Morgan fingerprint density at radius 1 is 1.13 bits per heavy atom. The summed E-state index contributed by atoms with van der Waals surface area (Å²) in [6.07, 6.45) is -1.97. The van der Waals surface area contributed by atoms with Gasteiger partial charge in [-0.3, -0.25) is 9.98 Å². The number of amides is 1. The van der Waals surface area contributed by atoms with Crippen molar-refractivity contribution in [3.63, 3.8) is 0 Å². The van der Waals surface area contributed by atoms with E-state index in [0.29, 0.717) is 22.3 Å². The maximum Gasteiger partial charge on any atom is 0.418 e. The molecule has 1 saturated heterocycles. The first kappa shape index (κ1) is 27.4. The average molecular weight is 549 g/mol. The number of aromatic nitrogens is 2. The van der Waals surface area contributed by atoms with E-state index in [9.17, 15) is 18.0 Å². The first-order valence-electron chi connectivity index (χ1n) is 11.9. The van der Waals surface area contributed by atoms with Crippen LogP contribution in [0.2, 0.25) is 5.15 Å². The summed E-state index contributed by atoms with van der Waals surface area (Å²) in [5.74, 6) is 0. The molecule has 1 amide bonds. The molecule has 1 N–H and O–H groups in total. The lowest BCUT2D eigenvalue weighted by molar-refractivity contribution is -0.137. The highest BCUT2D eigenvalue weighted by Crippen LogP contribution is 2.40. The minimum atomic E-state index is -4.61. The van der Waals surface area contributed by atoms with Gasteiger partial charge in [-0.1, -0.05) is 11.6 Å². The van der Waals surface area contributed by atoms with Gasteiger partial charge in [0.1, 0.15) is 16.3 Å². The molecule has 3 aromatic rings. The van der Waals surface area contributed by atoms with Crippen LogP contribution in [-0.2, 0) is 10.9 Å². The zero-order valence-corrected chi connectivity index (χ0v) is 22.2. The first-order valence-corrected chi connectivity index (χ1v) is 12.3. The summed E-state index contributed by atoms with van der Waals surface area (Å²) in [5, 5.41) is 3.30. The van der Waals surface area contributed by atoms with Gasteiger partial charge in [0.15, 0.2) is 0 Å². The van der Waals surface area contributed by atoms with Crippen molar-refractivity contribution >= 4 is 52.0 Å². The molecule has 0 saturated carbocycles. The summed E-state index contributed by atoms with van der Waals surface area (Å²) >= 11 is 6.09. The van der Waals surface area contributed by atoms with Crippen molar-refractivity contribution in [1.82, 2.24) is 14.9 Å². The second-order valence-electron chi connectivity index (χ2n) is 9.79. The molecular formula is C26H28ClF3N6O2. The van der Waals surface area contributed by atoms with Gasteiger partial charge in [0.2, 0.25) is 0 Å². The highest BCUT2D eigenvalue weighted by molar-refractivity contribution is 6.29. The standard InChI is InChI=1S/C26H28ClF3N6O2/c1-25(2,3)38-24(37)36-11-9-35(10-12-36)20-7-5-17(13-18(20)26(28,29)30)33-22-16(14-31-4)15-32-19-6-8-21(27)34-23(19)22/h5-8,13-15H,9-12H2,1-4H3,(H,32,33)/b31-14+. The van der Waals surface area contributed by atoms with Gasteiger partial charge in [0, 0.05) is 62.6 Å². The van der Waals surface area contributed by atoms with Crippen molar-refractivity contribution < 1.29 is 22.7 Å². The number of fused-ring (bicyclic) bond motifs is 1. The number of aliphatic imine (C=N–C) groups is 1. The molecule has 1 fully saturated rings. The lowest BCUT2D eigenvalue weighted by atomic mass is 10.1. The van der Waals surface area contributed by atoms with E-state index in [1.54, 1.807) is 63.3 Å². The number of nitrogens with zero attached hydrogens (tertiary/aromatic N) is 5. The van der Waals surface area contributed by atoms with Crippen molar-refractivity contribution in [3.05, 3.63) is 52.8 Å². The molecule has 4 rings (SSSR count). The molecule has 0 unspecified atom stereocenters. The van der Waals surface area contributed by atoms with E-state index in [1.807, 2.05) is 0 Å². The number of carbonyl (C=O) groups is 1. The van der Waals surface area contributed by atoms with Crippen molar-refractivity contribution in [2.24, 2.45) is 4.99 Å². The van der Waals surface area contributed by atoms with Crippen molar-refractivity contribution in [2.45, 2.75) is 32.5 Å². The summed E-state index contributed by atoms with van der Waals surface area (Å²) in [7, 11) is 1.58. The number of pyridine rings is 2. The van der Waals surface area contributed by atoms with Crippen LogP contribution in [0.5, 0.6) is 0 Å². The van der Waals surface area contributed by atoms with Crippen molar-refractivity contribution in [2.75, 3.05) is 43.4 Å². The molecular weight excluding hydrogens is 521 g/mol. The second kappa shape index (κ2) is 10.6. The molecule has 0 aliphatic carbocycles. The lowest BCUT2D eigenvalue weighted by Gasteiger charge is -2.37. The van der Waals surface area contributed by atoms with Gasteiger partial charge >= 0.3 is 12.3 Å². The predicted molar refractivity (Wildman–Crippen MR) is 143 cm³/mol. The van der Waals surface area contributed by atoms with Gasteiger partial charge in [-0.15, -0.1) is 0 Å². The van der Waals surface area contributed by atoms with Crippen LogP contribution in [0.25, 0.3) is 11.0 Å². The van der Waals surface area contributed by atoms with Crippen LogP contribution in [-0.4, -0.2) is 66.0 Å². The monoisotopic (exact) mass is 548 g/mol. The molecule has 3 heterocycles.